The van der Waals surface area contributed by atoms with Gasteiger partial charge in [0, 0.05) is 12.0 Å². The van der Waals surface area contributed by atoms with Crippen LogP contribution in [0.25, 0.3) is 0 Å². The standard InChI is InChI=1S/C19H18N2O6/c1-26-12-8-6-11(7-9-12)13-10-14-15(4-3-5-16(14)21(24)25)20-18(22)17(13)19(23)27-2/h3-9,13,17H,10H2,1-2H3,(H,20,22). The second kappa shape index (κ2) is 7.45. The van der Waals surface area contributed by atoms with Crippen LogP contribution in [0.15, 0.2) is 42.5 Å². The van der Waals surface area contributed by atoms with Gasteiger partial charge in [0.05, 0.1) is 30.4 Å². The molecule has 1 aliphatic heterocycles. The van der Waals surface area contributed by atoms with E-state index in [1.807, 2.05) is 0 Å². The largest absolute Gasteiger partial charge is 0.497 e. The average Bonchev–Trinajstić information content (AvgIpc) is 2.82. The fourth-order valence-corrected chi connectivity index (χ4v) is 3.37. The van der Waals surface area contributed by atoms with E-state index in [1.54, 1.807) is 30.3 Å². The van der Waals surface area contributed by atoms with Crippen LogP contribution in [0, 0.1) is 16.0 Å². The summed E-state index contributed by atoms with van der Waals surface area (Å²) in [6.07, 6.45) is 0.136. The highest BCUT2D eigenvalue weighted by Gasteiger charge is 2.41. The first kappa shape index (κ1) is 18.4. The van der Waals surface area contributed by atoms with Crippen LogP contribution in [0.2, 0.25) is 0 Å². The van der Waals surface area contributed by atoms with Crippen LogP contribution < -0.4 is 10.1 Å². The number of nitrogens with zero attached hydrogens (tertiary/aromatic N) is 1. The van der Waals surface area contributed by atoms with Crippen molar-refractivity contribution in [1.82, 2.24) is 0 Å². The van der Waals surface area contributed by atoms with Gasteiger partial charge in [0.25, 0.3) is 5.69 Å². The number of benzene rings is 2. The Morgan fingerprint density at radius 2 is 1.89 bits per heavy atom. The molecule has 0 spiro atoms. The lowest BCUT2D eigenvalue weighted by Gasteiger charge is -2.22. The molecule has 1 amide bonds. The van der Waals surface area contributed by atoms with Crippen molar-refractivity contribution < 1.29 is 24.0 Å². The SMILES string of the molecule is COC(=O)C1C(=O)Nc2cccc([N+](=O)[O-])c2CC1c1ccc(OC)cc1. The summed E-state index contributed by atoms with van der Waals surface area (Å²) < 4.78 is 9.97. The van der Waals surface area contributed by atoms with E-state index in [4.69, 9.17) is 9.47 Å². The molecule has 2 atom stereocenters. The van der Waals surface area contributed by atoms with Gasteiger partial charge >= 0.3 is 5.97 Å². The maximum absolute atomic E-state index is 12.8. The molecule has 0 saturated carbocycles. The number of anilines is 1. The van der Waals surface area contributed by atoms with E-state index < -0.39 is 28.6 Å². The van der Waals surface area contributed by atoms with E-state index in [0.29, 0.717) is 22.6 Å². The first-order valence-corrected chi connectivity index (χ1v) is 8.25. The minimum Gasteiger partial charge on any atom is -0.497 e. The van der Waals surface area contributed by atoms with Gasteiger partial charge in [-0.05, 0) is 30.2 Å². The zero-order valence-corrected chi connectivity index (χ0v) is 14.8. The summed E-state index contributed by atoms with van der Waals surface area (Å²) >= 11 is 0. The molecule has 140 valence electrons. The lowest BCUT2D eigenvalue weighted by Crippen LogP contribution is -2.34. The number of carbonyl (C=O) groups is 2. The molecule has 0 fully saturated rings. The van der Waals surface area contributed by atoms with Gasteiger partial charge in [-0.15, -0.1) is 0 Å². The number of ether oxygens (including phenoxy) is 2. The van der Waals surface area contributed by atoms with Crippen LogP contribution in [0.4, 0.5) is 11.4 Å². The molecule has 1 aliphatic rings. The smallest absolute Gasteiger partial charge is 0.318 e. The molecule has 1 N–H and O–H groups in total. The number of fused-ring (bicyclic) bond motifs is 1. The van der Waals surface area contributed by atoms with Crippen LogP contribution in [0.5, 0.6) is 5.75 Å². The van der Waals surface area contributed by atoms with E-state index in [1.165, 1.54) is 26.4 Å². The monoisotopic (exact) mass is 370 g/mol. The number of hydrogen-bond acceptors (Lipinski definition) is 6. The number of nitrogens with one attached hydrogen (secondary N) is 1. The lowest BCUT2D eigenvalue weighted by molar-refractivity contribution is -0.385. The Morgan fingerprint density at radius 3 is 2.48 bits per heavy atom. The summed E-state index contributed by atoms with van der Waals surface area (Å²) in [5, 5.41) is 14.1. The van der Waals surface area contributed by atoms with Crippen molar-refractivity contribution in [3.63, 3.8) is 0 Å². The number of hydrogen-bond donors (Lipinski definition) is 1. The van der Waals surface area contributed by atoms with Gasteiger partial charge in [-0.2, -0.15) is 0 Å². The summed E-state index contributed by atoms with van der Waals surface area (Å²) in [5.41, 5.74) is 1.30. The van der Waals surface area contributed by atoms with E-state index in [-0.39, 0.29) is 12.1 Å². The molecule has 0 radical (unpaired) electrons. The molecule has 2 aromatic rings. The van der Waals surface area contributed by atoms with Crippen molar-refractivity contribution in [2.45, 2.75) is 12.3 Å². The number of amides is 1. The summed E-state index contributed by atoms with van der Waals surface area (Å²) in [6.45, 7) is 0. The van der Waals surface area contributed by atoms with E-state index >= 15 is 0 Å². The lowest BCUT2D eigenvalue weighted by atomic mass is 9.81. The summed E-state index contributed by atoms with van der Waals surface area (Å²) in [4.78, 5) is 36.1. The number of rotatable bonds is 4. The Kier molecular flexibility index (Phi) is 5.07. The second-order valence-electron chi connectivity index (χ2n) is 6.13. The fraction of sp³-hybridized carbons (Fsp3) is 0.263. The van der Waals surface area contributed by atoms with E-state index in [0.717, 1.165) is 0 Å². The number of nitro groups is 1. The zero-order chi connectivity index (χ0) is 19.6. The Balaban J connectivity index is 2.14. The molecule has 2 unspecified atom stereocenters. The Hall–Kier alpha value is -3.42. The number of carbonyl (C=O) groups excluding carboxylic acids is 2. The first-order valence-electron chi connectivity index (χ1n) is 8.25. The van der Waals surface area contributed by atoms with Crippen molar-refractivity contribution in [3.05, 3.63) is 63.7 Å². The van der Waals surface area contributed by atoms with Gasteiger partial charge < -0.3 is 14.8 Å². The van der Waals surface area contributed by atoms with Gasteiger partial charge in [0.1, 0.15) is 11.7 Å². The van der Waals surface area contributed by atoms with Gasteiger partial charge in [-0.3, -0.25) is 19.7 Å². The van der Waals surface area contributed by atoms with Crippen molar-refractivity contribution in [1.29, 1.82) is 0 Å². The normalized spacial score (nSPS) is 18.7. The third-order valence-corrected chi connectivity index (χ3v) is 4.71. The van der Waals surface area contributed by atoms with Gasteiger partial charge in [0.2, 0.25) is 5.91 Å². The molecule has 0 bridgehead atoms. The Bertz CT molecular complexity index is 894. The molecule has 3 rings (SSSR count). The van der Waals surface area contributed by atoms with Crippen LogP contribution in [-0.4, -0.2) is 31.0 Å². The van der Waals surface area contributed by atoms with E-state index in [2.05, 4.69) is 5.32 Å². The number of nitro benzene ring substituents is 1. The molecule has 2 aromatic carbocycles. The quantitative estimate of drug-likeness (QED) is 0.384. The molecule has 0 aromatic heterocycles. The van der Waals surface area contributed by atoms with Crippen molar-refractivity contribution >= 4 is 23.3 Å². The highest BCUT2D eigenvalue weighted by molar-refractivity contribution is 6.07. The minimum atomic E-state index is -1.13. The van der Waals surface area contributed by atoms with Crippen LogP contribution >= 0.6 is 0 Å². The molecule has 8 nitrogen and oxygen atoms in total. The Morgan fingerprint density at radius 1 is 1.19 bits per heavy atom. The number of esters is 1. The van der Waals surface area contributed by atoms with E-state index in [9.17, 15) is 19.7 Å². The highest BCUT2D eigenvalue weighted by Crippen LogP contribution is 2.39. The predicted molar refractivity (Wildman–Crippen MR) is 96.7 cm³/mol. The average molecular weight is 370 g/mol. The fourth-order valence-electron chi connectivity index (χ4n) is 3.37. The third kappa shape index (κ3) is 3.46. The topological polar surface area (TPSA) is 108 Å². The summed E-state index contributed by atoms with van der Waals surface area (Å²) in [6, 6.07) is 11.4. The Labute approximate surface area is 155 Å². The van der Waals surface area contributed by atoms with Gasteiger partial charge in [0.15, 0.2) is 0 Å². The molecular formula is C19H18N2O6. The molecule has 0 saturated heterocycles. The molecule has 0 aliphatic carbocycles. The second-order valence-corrected chi connectivity index (χ2v) is 6.13. The van der Waals surface area contributed by atoms with Crippen molar-refractivity contribution in [2.24, 2.45) is 5.92 Å². The maximum atomic E-state index is 12.8. The maximum Gasteiger partial charge on any atom is 0.318 e. The third-order valence-electron chi connectivity index (χ3n) is 4.71. The minimum absolute atomic E-state index is 0.100. The van der Waals surface area contributed by atoms with Crippen LogP contribution in [0.1, 0.15) is 17.0 Å². The predicted octanol–water partition coefficient (Wildman–Crippen LogP) is 2.67. The highest BCUT2D eigenvalue weighted by atomic mass is 16.6. The van der Waals surface area contributed by atoms with Crippen LogP contribution in [0.3, 0.4) is 0 Å². The van der Waals surface area contributed by atoms with Gasteiger partial charge in [-0.1, -0.05) is 18.2 Å². The molecule has 1 heterocycles. The molecule has 27 heavy (non-hydrogen) atoms. The van der Waals surface area contributed by atoms with Gasteiger partial charge in [-0.25, -0.2) is 0 Å². The van der Waals surface area contributed by atoms with Crippen LogP contribution in [-0.2, 0) is 20.7 Å². The van der Waals surface area contributed by atoms with Crippen molar-refractivity contribution in [2.75, 3.05) is 19.5 Å². The molecular weight excluding hydrogens is 352 g/mol. The van der Waals surface area contributed by atoms with Crippen molar-refractivity contribution in [3.8, 4) is 5.75 Å². The molecule has 8 heteroatoms. The first-order chi connectivity index (χ1) is 13.0. The summed E-state index contributed by atoms with van der Waals surface area (Å²) in [7, 11) is 2.74. The number of methoxy groups -OCH3 is 2. The summed E-state index contributed by atoms with van der Waals surface area (Å²) in [5.74, 6) is -2.37. The zero-order valence-electron chi connectivity index (χ0n) is 14.8.